The second-order valence-corrected chi connectivity index (χ2v) is 6.34. The van der Waals surface area contributed by atoms with E-state index in [0.717, 1.165) is 11.1 Å². The average molecular weight is 378 g/mol. The van der Waals surface area contributed by atoms with Gasteiger partial charge in [0.15, 0.2) is 11.5 Å². The van der Waals surface area contributed by atoms with Gasteiger partial charge in [-0.2, -0.15) is 0 Å². The zero-order chi connectivity index (χ0) is 19.6. The van der Waals surface area contributed by atoms with Crippen LogP contribution in [0.1, 0.15) is 35.5 Å². The van der Waals surface area contributed by atoms with Crippen LogP contribution in [0.2, 0.25) is 0 Å². The van der Waals surface area contributed by atoms with Crippen molar-refractivity contribution < 1.29 is 24.1 Å². The number of oxime groups is 1. The van der Waals surface area contributed by atoms with Gasteiger partial charge < -0.3 is 26.7 Å². The van der Waals surface area contributed by atoms with Gasteiger partial charge >= 0.3 is 0 Å². The van der Waals surface area contributed by atoms with Gasteiger partial charge in [0, 0.05) is 6.54 Å². The molecule has 0 aliphatic heterocycles. The van der Waals surface area contributed by atoms with Crippen LogP contribution in [-0.2, 0) is 16.8 Å². The maximum absolute atomic E-state index is 13.4. The number of nitrogens with zero attached hydrogens (tertiary/aromatic N) is 3. The molecule has 0 saturated heterocycles. The highest BCUT2D eigenvalue weighted by Crippen LogP contribution is 2.34. The van der Waals surface area contributed by atoms with E-state index >= 15 is 0 Å². The Morgan fingerprint density at radius 2 is 2.30 bits per heavy atom. The molecule has 0 fully saturated rings. The lowest BCUT2D eigenvalue weighted by Crippen LogP contribution is -2.51. The number of benzene rings is 1. The summed E-state index contributed by atoms with van der Waals surface area (Å²) in [5.74, 6) is -1.11. The molecular formula is C16H19FN6O4. The zero-order valence-corrected chi connectivity index (χ0v) is 14.4. The molecule has 1 aliphatic carbocycles. The molecule has 10 nitrogen and oxygen atoms in total. The molecule has 0 saturated carbocycles. The Balaban J connectivity index is 1.82. The van der Waals surface area contributed by atoms with Gasteiger partial charge in [-0.3, -0.25) is 4.79 Å². The first kappa shape index (κ1) is 18.7. The van der Waals surface area contributed by atoms with E-state index in [2.05, 4.69) is 30.7 Å². The number of carbonyl (C=O) groups is 1. The molecule has 27 heavy (non-hydrogen) atoms. The van der Waals surface area contributed by atoms with Crippen molar-refractivity contribution in [3.63, 3.8) is 0 Å². The summed E-state index contributed by atoms with van der Waals surface area (Å²) in [6, 6.07) is 4.14. The second-order valence-electron chi connectivity index (χ2n) is 6.34. The summed E-state index contributed by atoms with van der Waals surface area (Å²) in [5, 5.41) is 34.1. The number of halogens is 1. The van der Waals surface area contributed by atoms with Crippen molar-refractivity contribution in [2.75, 3.05) is 13.2 Å². The third-order valence-electron chi connectivity index (χ3n) is 4.39. The topological polar surface area (TPSA) is 159 Å². The molecule has 1 aliphatic rings. The monoisotopic (exact) mass is 378 g/mol. The van der Waals surface area contributed by atoms with Crippen molar-refractivity contribution in [2.24, 2.45) is 10.9 Å². The van der Waals surface area contributed by atoms with E-state index in [-0.39, 0.29) is 42.2 Å². The van der Waals surface area contributed by atoms with Gasteiger partial charge in [0.1, 0.15) is 17.1 Å². The molecule has 1 amide bonds. The Bertz CT molecular complexity index is 882. The Morgan fingerprint density at radius 1 is 1.52 bits per heavy atom. The summed E-state index contributed by atoms with van der Waals surface area (Å²) in [6.45, 7) is 1.13. The number of hydrogen-bond donors (Lipinski definition) is 5. The maximum atomic E-state index is 13.4. The van der Waals surface area contributed by atoms with Crippen molar-refractivity contribution in [2.45, 2.75) is 24.9 Å². The van der Waals surface area contributed by atoms with Crippen LogP contribution < -0.4 is 16.4 Å². The third-order valence-corrected chi connectivity index (χ3v) is 4.39. The predicted molar refractivity (Wildman–Crippen MR) is 90.2 cm³/mol. The number of amidine groups is 1. The van der Waals surface area contributed by atoms with Crippen molar-refractivity contribution in [3.8, 4) is 0 Å². The van der Waals surface area contributed by atoms with Gasteiger partial charge in [-0.05, 0) is 41.8 Å². The number of aromatic nitrogens is 2. The predicted octanol–water partition coefficient (Wildman–Crippen LogP) is -0.486. The van der Waals surface area contributed by atoms with Crippen molar-refractivity contribution >= 4 is 11.7 Å². The quantitative estimate of drug-likeness (QED) is 0.195. The fourth-order valence-corrected chi connectivity index (χ4v) is 2.86. The summed E-state index contributed by atoms with van der Waals surface area (Å²) >= 11 is 0. The number of rotatable bonds is 6. The van der Waals surface area contributed by atoms with Crippen LogP contribution >= 0.6 is 0 Å². The number of aliphatic hydroxyl groups excluding tert-OH is 1. The highest BCUT2D eigenvalue weighted by atomic mass is 19.1. The lowest BCUT2D eigenvalue weighted by Gasteiger charge is -2.31. The molecule has 3 rings (SSSR count). The van der Waals surface area contributed by atoms with Crippen LogP contribution in [0.3, 0.4) is 0 Å². The van der Waals surface area contributed by atoms with Crippen LogP contribution in [-0.4, -0.2) is 45.5 Å². The van der Waals surface area contributed by atoms with Crippen LogP contribution in [0, 0.1) is 5.82 Å². The lowest BCUT2D eigenvalue weighted by molar-refractivity contribution is -0.126. The smallest absolute Gasteiger partial charge is 0.246 e. The van der Waals surface area contributed by atoms with Crippen molar-refractivity contribution in [1.82, 2.24) is 20.9 Å². The SMILES string of the molecule is C[C@](N)(C(=O)NCCO)c1nonc1/C(=N\O)N[C@H]1Cc2ccc(F)cc21. The molecule has 0 bridgehead atoms. The van der Waals surface area contributed by atoms with Crippen molar-refractivity contribution in [3.05, 3.63) is 46.5 Å². The number of amides is 1. The van der Waals surface area contributed by atoms with E-state index < -0.39 is 11.4 Å². The molecule has 0 spiro atoms. The van der Waals surface area contributed by atoms with Gasteiger partial charge in [-0.15, -0.1) is 0 Å². The lowest BCUT2D eigenvalue weighted by atomic mass is 9.83. The Hall–Kier alpha value is -3.05. The molecule has 6 N–H and O–H groups in total. The highest BCUT2D eigenvalue weighted by molar-refractivity contribution is 6.00. The third kappa shape index (κ3) is 3.46. The number of nitrogens with one attached hydrogen (secondary N) is 2. The molecule has 1 heterocycles. The zero-order valence-electron chi connectivity index (χ0n) is 14.4. The minimum absolute atomic E-state index is 0.00978. The molecule has 0 unspecified atom stereocenters. The summed E-state index contributed by atoms with van der Waals surface area (Å²) in [7, 11) is 0. The van der Waals surface area contributed by atoms with Crippen LogP contribution in [0.15, 0.2) is 28.0 Å². The number of aliphatic hydroxyl groups is 1. The number of fused-ring (bicyclic) bond motifs is 1. The van der Waals surface area contributed by atoms with E-state index in [1.807, 2.05) is 0 Å². The Kier molecular flexibility index (Phi) is 5.06. The largest absolute Gasteiger partial charge is 0.409 e. The minimum atomic E-state index is -1.66. The summed E-state index contributed by atoms with van der Waals surface area (Å²) < 4.78 is 18.1. The van der Waals surface area contributed by atoms with E-state index in [1.54, 1.807) is 6.07 Å². The molecule has 144 valence electrons. The number of hydrogen-bond acceptors (Lipinski definition) is 8. The first-order chi connectivity index (χ1) is 12.9. The molecule has 1 aromatic carbocycles. The van der Waals surface area contributed by atoms with Gasteiger partial charge in [0.2, 0.25) is 5.91 Å². The van der Waals surface area contributed by atoms with Crippen molar-refractivity contribution in [1.29, 1.82) is 0 Å². The first-order valence-electron chi connectivity index (χ1n) is 8.16. The summed E-state index contributed by atoms with van der Waals surface area (Å²) in [5.41, 5.74) is 5.99. The molecule has 1 aromatic heterocycles. The van der Waals surface area contributed by atoms with E-state index in [4.69, 9.17) is 10.8 Å². The van der Waals surface area contributed by atoms with E-state index in [9.17, 15) is 14.4 Å². The Morgan fingerprint density at radius 3 is 3.00 bits per heavy atom. The fraction of sp³-hybridized carbons (Fsp3) is 0.375. The maximum Gasteiger partial charge on any atom is 0.246 e. The van der Waals surface area contributed by atoms with Crippen LogP contribution in [0.4, 0.5) is 4.39 Å². The van der Waals surface area contributed by atoms with Gasteiger partial charge in [0.25, 0.3) is 0 Å². The first-order valence-corrected chi connectivity index (χ1v) is 8.16. The average Bonchev–Trinajstić information content (AvgIpc) is 3.12. The van der Waals surface area contributed by atoms with Gasteiger partial charge in [-0.1, -0.05) is 16.4 Å². The van der Waals surface area contributed by atoms with Gasteiger partial charge in [0.05, 0.1) is 12.6 Å². The molecule has 2 aromatic rings. The Labute approximate surface area is 153 Å². The highest BCUT2D eigenvalue weighted by Gasteiger charge is 2.39. The number of nitrogens with two attached hydrogens (primary N) is 1. The summed E-state index contributed by atoms with van der Waals surface area (Å²) in [6.07, 6.45) is 0.589. The number of carbonyl (C=O) groups excluding carboxylic acids is 1. The van der Waals surface area contributed by atoms with E-state index in [0.29, 0.717) is 6.42 Å². The summed E-state index contributed by atoms with van der Waals surface area (Å²) in [4.78, 5) is 12.3. The van der Waals surface area contributed by atoms with Crippen LogP contribution in [0.5, 0.6) is 0 Å². The van der Waals surface area contributed by atoms with Crippen LogP contribution in [0.25, 0.3) is 0 Å². The van der Waals surface area contributed by atoms with E-state index in [1.165, 1.54) is 19.1 Å². The molecule has 11 heteroatoms. The molecule has 2 atom stereocenters. The molecular weight excluding hydrogens is 359 g/mol. The molecule has 0 radical (unpaired) electrons. The minimum Gasteiger partial charge on any atom is -0.409 e. The standard InChI is InChI=1S/C16H19FN6O4/c1-16(18,15(25)19-4-5-24)13-12(22-27-23-13)14(21-26)20-11-6-8-2-3-9(17)7-10(8)11/h2-3,7,11,24,26H,4-6,18H2,1H3,(H,19,25)(H,20,21)/t11-,16+/m0/s1. The van der Waals surface area contributed by atoms with Gasteiger partial charge in [-0.25, -0.2) is 9.02 Å². The normalized spacial score (nSPS) is 18.2. The fourth-order valence-electron chi connectivity index (χ4n) is 2.86. The second kappa shape index (κ2) is 7.29.